The van der Waals surface area contributed by atoms with Crippen molar-refractivity contribution in [3.63, 3.8) is 0 Å². The number of aromatic amines is 2. The third kappa shape index (κ3) is 3.48. The van der Waals surface area contributed by atoms with Crippen LogP contribution in [0.3, 0.4) is 0 Å². The van der Waals surface area contributed by atoms with Crippen LogP contribution in [0.4, 0.5) is 0 Å². The average Bonchev–Trinajstić information content (AvgIpc) is 3.58. The number of fused-ring (bicyclic) bond motifs is 6. The van der Waals surface area contributed by atoms with Crippen molar-refractivity contribution in [3.05, 3.63) is 111 Å². The van der Waals surface area contributed by atoms with Gasteiger partial charge < -0.3 is 9.97 Å². The van der Waals surface area contributed by atoms with E-state index in [-0.39, 0.29) is 0 Å². The van der Waals surface area contributed by atoms with Crippen LogP contribution in [-0.4, -0.2) is 21.4 Å². The second-order valence-corrected chi connectivity index (χ2v) is 9.19. The molecule has 3 aliphatic rings. The third-order valence-corrected chi connectivity index (χ3v) is 6.94. The van der Waals surface area contributed by atoms with Crippen molar-refractivity contribution in [3.8, 4) is 0 Å². The van der Waals surface area contributed by atoms with Crippen molar-refractivity contribution in [1.29, 1.82) is 0 Å². The molecule has 4 nitrogen and oxygen atoms in total. The summed E-state index contributed by atoms with van der Waals surface area (Å²) in [5.41, 5.74) is 9.83. The Labute approximate surface area is 193 Å². The number of allylic oxidation sites excluding steroid dienone is 3. The Hall–Kier alpha value is -3.92. The summed E-state index contributed by atoms with van der Waals surface area (Å²) < 4.78 is 0. The minimum Gasteiger partial charge on any atom is -0.359 e. The van der Waals surface area contributed by atoms with Gasteiger partial charge in [0.2, 0.25) is 0 Å². The Bertz CT molecular complexity index is 1570. The molecule has 0 saturated carbocycles. The molecule has 1 unspecified atom stereocenters. The van der Waals surface area contributed by atoms with Gasteiger partial charge in [0.05, 0.1) is 17.1 Å². The molecule has 0 aliphatic carbocycles. The second kappa shape index (κ2) is 7.31. The molecule has 0 fully saturated rings. The molecule has 2 N–H and O–H groups in total. The van der Waals surface area contributed by atoms with Crippen LogP contribution in [0.25, 0.3) is 18.2 Å². The molecule has 1 atom stereocenters. The maximum atomic E-state index is 5.31. The first-order valence-electron chi connectivity index (χ1n) is 11.4. The summed E-state index contributed by atoms with van der Waals surface area (Å²) in [6.45, 7) is 6.59. The fourth-order valence-electron chi connectivity index (χ4n) is 4.95. The van der Waals surface area contributed by atoms with Crippen LogP contribution < -0.4 is 10.7 Å². The van der Waals surface area contributed by atoms with E-state index >= 15 is 0 Å². The smallest absolute Gasteiger partial charge is 0.110 e. The van der Waals surface area contributed by atoms with Crippen LogP contribution in [0.5, 0.6) is 0 Å². The van der Waals surface area contributed by atoms with Crippen LogP contribution in [0.1, 0.15) is 33.6 Å². The number of rotatable bonds is 1. The van der Waals surface area contributed by atoms with Gasteiger partial charge in [-0.25, -0.2) is 4.99 Å². The molecule has 1 aromatic carbocycles. The van der Waals surface area contributed by atoms with Crippen LogP contribution in [0.15, 0.2) is 76.4 Å². The monoisotopic (exact) mass is 430 g/mol. The Balaban J connectivity index is 1.57. The van der Waals surface area contributed by atoms with Crippen molar-refractivity contribution in [2.45, 2.75) is 32.7 Å². The Morgan fingerprint density at radius 2 is 1.58 bits per heavy atom. The van der Waals surface area contributed by atoms with E-state index in [9.17, 15) is 0 Å². The SMILES string of the molecule is Cc1ccc(C23C=CC(=N2)C=c2ccc([nH]2)=CC2=NC(=Cc4ccc([nH]4)C3)C=C2)c(C)c1C. The fraction of sp³-hybridized carbons (Fsp3) is 0.172. The first kappa shape index (κ1) is 19.7. The number of aryl methyl sites for hydroxylation is 1. The van der Waals surface area contributed by atoms with Crippen molar-refractivity contribution < 1.29 is 0 Å². The summed E-state index contributed by atoms with van der Waals surface area (Å²) in [5, 5.41) is 2.06. The molecule has 4 heteroatoms. The molecule has 0 saturated heterocycles. The van der Waals surface area contributed by atoms with Gasteiger partial charge in [0.15, 0.2) is 0 Å². The number of aromatic nitrogens is 2. The van der Waals surface area contributed by atoms with Gasteiger partial charge in [0.25, 0.3) is 0 Å². The summed E-state index contributed by atoms with van der Waals surface area (Å²) in [5.74, 6) is 0. The molecular weight excluding hydrogens is 404 g/mol. The lowest BCUT2D eigenvalue weighted by molar-refractivity contribution is 0.560. The molecule has 8 bridgehead atoms. The van der Waals surface area contributed by atoms with Gasteiger partial charge in [-0.2, -0.15) is 0 Å². The molecule has 2 aromatic heterocycles. The molecule has 0 radical (unpaired) electrons. The predicted molar refractivity (Wildman–Crippen MR) is 137 cm³/mol. The van der Waals surface area contributed by atoms with Gasteiger partial charge in [-0.1, -0.05) is 18.2 Å². The van der Waals surface area contributed by atoms with Crippen molar-refractivity contribution in [2.24, 2.45) is 9.98 Å². The van der Waals surface area contributed by atoms with Gasteiger partial charge >= 0.3 is 0 Å². The van der Waals surface area contributed by atoms with Crippen LogP contribution in [-0.2, 0) is 12.0 Å². The molecule has 3 aliphatic heterocycles. The lowest BCUT2D eigenvalue weighted by Gasteiger charge is -2.28. The van der Waals surface area contributed by atoms with Gasteiger partial charge in [0, 0.05) is 28.5 Å². The molecular formula is C29H26N4. The Kier molecular flexibility index (Phi) is 4.37. The van der Waals surface area contributed by atoms with E-state index in [1.165, 1.54) is 22.3 Å². The van der Waals surface area contributed by atoms with E-state index in [1.54, 1.807) is 0 Å². The highest BCUT2D eigenvalue weighted by Gasteiger charge is 2.35. The Morgan fingerprint density at radius 1 is 0.758 bits per heavy atom. The van der Waals surface area contributed by atoms with E-state index in [0.29, 0.717) is 0 Å². The van der Waals surface area contributed by atoms with Gasteiger partial charge in [-0.05, 0) is 104 Å². The minimum atomic E-state index is -0.444. The highest BCUT2D eigenvalue weighted by atomic mass is 14.9. The van der Waals surface area contributed by atoms with Crippen molar-refractivity contribution >= 4 is 29.7 Å². The largest absolute Gasteiger partial charge is 0.359 e. The number of nitrogens with one attached hydrogen (secondary N) is 2. The maximum absolute atomic E-state index is 5.31. The summed E-state index contributed by atoms with van der Waals surface area (Å²) in [6, 6.07) is 12.9. The number of hydrogen-bond donors (Lipinski definition) is 2. The average molecular weight is 431 g/mol. The minimum absolute atomic E-state index is 0.444. The first-order valence-corrected chi connectivity index (χ1v) is 11.4. The normalized spacial score (nSPS) is 20.8. The number of hydrogen-bond acceptors (Lipinski definition) is 2. The lowest BCUT2D eigenvalue weighted by Crippen LogP contribution is -2.25. The Morgan fingerprint density at radius 3 is 2.42 bits per heavy atom. The summed E-state index contributed by atoms with van der Waals surface area (Å²) in [7, 11) is 0. The molecule has 3 aromatic rings. The number of aliphatic imine (C=N–C) groups is 2. The first-order chi connectivity index (χ1) is 16.0. The molecule has 162 valence electrons. The lowest BCUT2D eigenvalue weighted by atomic mass is 9.82. The van der Waals surface area contributed by atoms with E-state index in [0.717, 1.165) is 45.6 Å². The third-order valence-electron chi connectivity index (χ3n) is 6.94. The van der Waals surface area contributed by atoms with Crippen LogP contribution >= 0.6 is 0 Å². The summed E-state index contributed by atoms with van der Waals surface area (Å²) >= 11 is 0. The highest BCUT2D eigenvalue weighted by molar-refractivity contribution is 6.20. The van der Waals surface area contributed by atoms with Gasteiger partial charge in [-0.15, -0.1) is 0 Å². The molecule has 0 amide bonds. The van der Waals surface area contributed by atoms with E-state index in [1.807, 2.05) is 6.08 Å². The standard InChI is InChI=1S/C29H26N4/c1-18-4-11-28(20(3)19(18)2)29-13-12-26(33-29)16-25-8-7-22(31-25)14-21-5-6-23(30-21)15-24-9-10-27(17-29)32-24/h4-16,31-32H,17H2,1-3H3. The summed E-state index contributed by atoms with van der Waals surface area (Å²) in [6.07, 6.45) is 15.6. The molecule has 6 rings (SSSR count). The quantitative estimate of drug-likeness (QED) is 0.577. The topological polar surface area (TPSA) is 56.3 Å². The zero-order valence-electron chi connectivity index (χ0n) is 19.1. The zero-order chi connectivity index (χ0) is 22.6. The highest BCUT2D eigenvalue weighted by Crippen LogP contribution is 2.38. The van der Waals surface area contributed by atoms with Gasteiger partial charge in [0.1, 0.15) is 5.54 Å². The predicted octanol–water partition coefficient (Wildman–Crippen LogP) is 4.34. The van der Waals surface area contributed by atoms with E-state index in [2.05, 4.69) is 104 Å². The number of benzene rings is 1. The molecule has 0 spiro atoms. The fourth-order valence-corrected chi connectivity index (χ4v) is 4.95. The van der Waals surface area contributed by atoms with Crippen LogP contribution in [0.2, 0.25) is 0 Å². The molecule has 33 heavy (non-hydrogen) atoms. The van der Waals surface area contributed by atoms with Crippen molar-refractivity contribution in [2.75, 3.05) is 0 Å². The van der Waals surface area contributed by atoms with Crippen molar-refractivity contribution in [1.82, 2.24) is 9.97 Å². The van der Waals surface area contributed by atoms with Gasteiger partial charge in [-0.3, -0.25) is 4.99 Å². The maximum Gasteiger partial charge on any atom is 0.110 e. The number of H-pyrrole nitrogens is 2. The summed E-state index contributed by atoms with van der Waals surface area (Å²) in [4.78, 5) is 17.1. The number of nitrogens with zero attached hydrogens (tertiary/aromatic N) is 2. The molecule has 5 heterocycles. The second-order valence-electron chi connectivity index (χ2n) is 9.19. The van der Waals surface area contributed by atoms with E-state index in [4.69, 9.17) is 9.98 Å². The zero-order valence-corrected chi connectivity index (χ0v) is 19.1. The van der Waals surface area contributed by atoms with Crippen LogP contribution in [0, 0.1) is 20.8 Å². The van der Waals surface area contributed by atoms with E-state index < -0.39 is 5.54 Å².